The van der Waals surface area contributed by atoms with Gasteiger partial charge in [-0.25, -0.2) is 9.36 Å². The highest BCUT2D eigenvalue weighted by Gasteiger charge is 2.20. The normalized spacial score (nSPS) is 10.4. The highest BCUT2D eigenvalue weighted by Crippen LogP contribution is 2.15. The number of anilines is 2. The van der Waals surface area contributed by atoms with Crippen molar-refractivity contribution in [2.45, 2.75) is 6.92 Å². The number of nitrogens with zero attached hydrogens (tertiary/aromatic N) is 6. The van der Waals surface area contributed by atoms with Crippen LogP contribution in [0.1, 0.15) is 16.1 Å². The number of amides is 1. The lowest BCUT2D eigenvalue weighted by atomic mass is 10.2. The van der Waals surface area contributed by atoms with E-state index in [1.807, 2.05) is 0 Å². The van der Waals surface area contributed by atoms with E-state index in [-0.39, 0.29) is 17.2 Å². The minimum atomic E-state index is -0.508. The van der Waals surface area contributed by atoms with E-state index in [2.05, 4.69) is 31.3 Å². The third-order valence-corrected chi connectivity index (χ3v) is 2.79. The van der Waals surface area contributed by atoms with E-state index < -0.39 is 5.91 Å². The first-order valence-corrected chi connectivity index (χ1v) is 5.75. The summed E-state index contributed by atoms with van der Waals surface area (Å²) < 4.78 is 2.42. The molecule has 0 radical (unpaired) electrons. The summed E-state index contributed by atoms with van der Waals surface area (Å²) in [5, 5.41) is 20.0. The average molecular weight is 278 g/mol. The molecule has 0 aliphatic rings. The Kier molecular flexibility index (Phi) is 3.46. The monoisotopic (exact) mass is 278 g/mol. The highest BCUT2D eigenvalue weighted by atomic mass is 16.2. The van der Waals surface area contributed by atoms with Crippen LogP contribution < -0.4 is 16.2 Å². The van der Waals surface area contributed by atoms with Gasteiger partial charge in [0, 0.05) is 26.7 Å². The van der Waals surface area contributed by atoms with Gasteiger partial charge in [0.05, 0.1) is 5.69 Å². The maximum atomic E-state index is 12.2. The molecule has 0 spiro atoms. The number of carbonyl (C=O) groups is 1. The molecule has 2 heterocycles. The minimum absolute atomic E-state index is 0.0927. The second-order valence-electron chi connectivity index (χ2n) is 4.11. The summed E-state index contributed by atoms with van der Waals surface area (Å²) in [5.41, 5.74) is 0.605. The van der Waals surface area contributed by atoms with Crippen LogP contribution in [0.25, 0.3) is 0 Å². The van der Waals surface area contributed by atoms with E-state index in [9.17, 15) is 9.59 Å². The number of aryl methyl sites for hydroxylation is 2. The van der Waals surface area contributed by atoms with E-state index >= 15 is 0 Å². The fourth-order valence-corrected chi connectivity index (χ4v) is 1.73. The zero-order valence-electron chi connectivity index (χ0n) is 11.5. The molecule has 0 fully saturated rings. The molecule has 0 aliphatic heterocycles. The molecule has 0 bridgehead atoms. The van der Waals surface area contributed by atoms with Gasteiger partial charge in [-0.05, 0) is 17.4 Å². The van der Waals surface area contributed by atoms with Gasteiger partial charge in [-0.15, -0.1) is 0 Å². The standard InChI is InChI=1S/C10H14N8O2/c1-5-6(11-2)7(14-17(3)9(5)20)8(19)12-10-13-15-16-18(10)4/h11H,1-4H3,(H,12,13,16,19). The van der Waals surface area contributed by atoms with Crippen LogP contribution in [0.2, 0.25) is 0 Å². The van der Waals surface area contributed by atoms with Gasteiger partial charge in [0.15, 0.2) is 5.69 Å². The van der Waals surface area contributed by atoms with E-state index in [1.54, 1.807) is 21.0 Å². The molecule has 20 heavy (non-hydrogen) atoms. The Bertz CT molecular complexity index is 717. The summed E-state index contributed by atoms with van der Waals surface area (Å²) in [6.07, 6.45) is 0. The van der Waals surface area contributed by atoms with Crippen LogP contribution in [0, 0.1) is 6.92 Å². The summed E-state index contributed by atoms with van der Waals surface area (Å²) in [7, 11) is 4.69. The van der Waals surface area contributed by atoms with Gasteiger partial charge in [0.1, 0.15) is 0 Å². The second kappa shape index (κ2) is 5.07. The van der Waals surface area contributed by atoms with Crippen LogP contribution in [-0.4, -0.2) is 42.9 Å². The van der Waals surface area contributed by atoms with Gasteiger partial charge >= 0.3 is 0 Å². The Balaban J connectivity index is 2.45. The predicted octanol–water partition coefficient (Wildman–Crippen LogP) is -1.09. The van der Waals surface area contributed by atoms with Crippen LogP contribution in [0.4, 0.5) is 11.6 Å². The molecule has 10 heteroatoms. The first-order valence-electron chi connectivity index (χ1n) is 5.75. The molecule has 0 unspecified atom stereocenters. The molecule has 2 N–H and O–H groups in total. The van der Waals surface area contributed by atoms with Crippen molar-refractivity contribution in [3.8, 4) is 0 Å². The summed E-state index contributed by atoms with van der Waals surface area (Å²) in [6.45, 7) is 1.62. The maximum absolute atomic E-state index is 12.2. The molecular weight excluding hydrogens is 264 g/mol. The zero-order chi connectivity index (χ0) is 14.9. The van der Waals surface area contributed by atoms with E-state index in [4.69, 9.17) is 0 Å². The Hall–Kier alpha value is -2.78. The van der Waals surface area contributed by atoms with Crippen molar-refractivity contribution in [2.24, 2.45) is 14.1 Å². The molecule has 0 saturated heterocycles. The topological polar surface area (TPSA) is 120 Å². The number of rotatable bonds is 3. The summed E-state index contributed by atoms with van der Waals surface area (Å²) in [5.74, 6) is -0.323. The molecule has 1 amide bonds. The lowest BCUT2D eigenvalue weighted by molar-refractivity contribution is 0.101. The van der Waals surface area contributed by atoms with Gasteiger partial charge in [0.2, 0.25) is 5.95 Å². The molecule has 10 nitrogen and oxygen atoms in total. The third kappa shape index (κ3) is 2.22. The van der Waals surface area contributed by atoms with E-state index in [1.165, 1.54) is 11.7 Å². The summed E-state index contributed by atoms with van der Waals surface area (Å²) in [4.78, 5) is 24.0. The molecule has 2 rings (SSSR count). The number of aromatic nitrogens is 6. The molecule has 0 atom stereocenters. The van der Waals surface area contributed by atoms with Gasteiger partial charge in [-0.1, -0.05) is 5.10 Å². The molecule has 0 aliphatic carbocycles. The Morgan fingerprint density at radius 3 is 2.50 bits per heavy atom. The molecule has 106 valence electrons. The summed E-state index contributed by atoms with van der Waals surface area (Å²) >= 11 is 0. The van der Waals surface area contributed by atoms with Crippen molar-refractivity contribution in [2.75, 3.05) is 17.7 Å². The smallest absolute Gasteiger partial charge is 0.280 e. The number of hydrogen-bond acceptors (Lipinski definition) is 7. The highest BCUT2D eigenvalue weighted by molar-refractivity contribution is 6.05. The molecule has 2 aromatic heterocycles. The van der Waals surface area contributed by atoms with Crippen molar-refractivity contribution < 1.29 is 4.79 Å². The zero-order valence-corrected chi connectivity index (χ0v) is 11.5. The van der Waals surface area contributed by atoms with Gasteiger partial charge in [-0.3, -0.25) is 14.9 Å². The molecule has 0 saturated carbocycles. The predicted molar refractivity (Wildman–Crippen MR) is 70.5 cm³/mol. The Morgan fingerprint density at radius 1 is 1.25 bits per heavy atom. The largest absolute Gasteiger partial charge is 0.386 e. The van der Waals surface area contributed by atoms with Crippen molar-refractivity contribution in [3.05, 3.63) is 21.6 Å². The van der Waals surface area contributed by atoms with Crippen molar-refractivity contribution >= 4 is 17.5 Å². The van der Waals surface area contributed by atoms with Gasteiger partial charge in [0.25, 0.3) is 11.5 Å². The number of carbonyl (C=O) groups excluding carboxylic acids is 1. The third-order valence-electron chi connectivity index (χ3n) is 2.79. The number of tetrazole rings is 1. The van der Waals surface area contributed by atoms with Gasteiger partial charge in [-0.2, -0.15) is 5.10 Å². The fourth-order valence-electron chi connectivity index (χ4n) is 1.73. The Labute approximate surface area is 113 Å². The first kappa shape index (κ1) is 13.6. The van der Waals surface area contributed by atoms with Crippen LogP contribution >= 0.6 is 0 Å². The van der Waals surface area contributed by atoms with E-state index in [0.717, 1.165) is 4.68 Å². The number of nitrogens with one attached hydrogen (secondary N) is 2. The second-order valence-corrected chi connectivity index (χ2v) is 4.11. The van der Waals surface area contributed by atoms with Crippen molar-refractivity contribution in [3.63, 3.8) is 0 Å². The molecule has 0 aromatic carbocycles. The fraction of sp³-hybridized carbons (Fsp3) is 0.400. The Morgan fingerprint density at radius 2 is 1.95 bits per heavy atom. The quantitative estimate of drug-likeness (QED) is 0.731. The lowest BCUT2D eigenvalue weighted by Gasteiger charge is -2.11. The number of hydrogen-bond donors (Lipinski definition) is 2. The molecular formula is C10H14N8O2. The SMILES string of the molecule is CNc1c(C(=O)Nc2nnnn2C)nn(C)c(=O)c1C. The average Bonchev–Trinajstić information content (AvgIpc) is 2.81. The van der Waals surface area contributed by atoms with Crippen molar-refractivity contribution in [1.82, 2.24) is 30.0 Å². The molecule has 2 aromatic rings. The van der Waals surface area contributed by atoms with Crippen LogP contribution in [0.5, 0.6) is 0 Å². The van der Waals surface area contributed by atoms with Gasteiger partial charge < -0.3 is 5.32 Å². The maximum Gasteiger partial charge on any atom is 0.280 e. The van der Waals surface area contributed by atoms with Crippen LogP contribution in [-0.2, 0) is 14.1 Å². The van der Waals surface area contributed by atoms with Crippen LogP contribution in [0.15, 0.2) is 4.79 Å². The minimum Gasteiger partial charge on any atom is -0.386 e. The lowest BCUT2D eigenvalue weighted by Crippen LogP contribution is -2.29. The van der Waals surface area contributed by atoms with E-state index in [0.29, 0.717) is 11.3 Å². The van der Waals surface area contributed by atoms with Crippen LogP contribution in [0.3, 0.4) is 0 Å². The van der Waals surface area contributed by atoms with Crippen molar-refractivity contribution in [1.29, 1.82) is 0 Å². The first-order chi connectivity index (χ1) is 9.45. The summed E-state index contributed by atoms with van der Waals surface area (Å²) in [6, 6.07) is 0.